The van der Waals surface area contributed by atoms with Crippen molar-refractivity contribution in [3.63, 3.8) is 0 Å². The van der Waals surface area contributed by atoms with E-state index in [4.69, 9.17) is 11.6 Å². The van der Waals surface area contributed by atoms with Gasteiger partial charge in [0.1, 0.15) is 39.5 Å². The largest absolute Gasteiger partial charge is 0.280 e. The third-order valence-corrected chi connectivity index (χ3v) is 10.2. The minimum Gasteiger partial charge on any atom is -0.280 e. The monoisotopic (exact) mass is 471 g/mol. The third-order valence-electron chi connectivity index (χ3n) is 4.93. The second kappa shape index (κ2) is 10.2. The molecule has 2 aromatic heterocycles. The summed E-state index contributed by atoms with van der Waals surface area (Å²) in [6.45, 7) is 2.41. The molecule has 30 heavy (non-hydrogen) atoms. The zero-order chi connectivity index (χ0) is 20.1. The summed E-state index contributed by atoms with van der Waals surface area (Å²) in [7, 11) is -1.53. The molecule has 5 rings (SSSR count). The van der Waals surface area contributed by atoms with Crippen molar-refractivity contribution in [2.24, 2.45) is 0 Å². The second-order valence-corrected chi connectivity index (χ2v) is 11.5. The number of thiazole rings is 1. The first-order valence-corrected chi connectivity index (χ1v) is 12.8. The maximum atomic E-state index is 5.75. The Balaban J connectivity index is 0.000000214. The van der Waals surface area contributed by atoms with Crippen LogP contribution < -0.4 is 15.9 Å². The molecule has 0 aliphatic rings. The van der Waals surface area contributed by atoms with Crippen molar-refractivity contribution < 1.29 is 0 Å². The van der Waals surface area contributed by atoms with Crippen molar-refractivity contribution in [3.8, 4) is 0 Å². The van der Waals surface area contributed by atoms with Crippen molar-refractivity contribution in [1.29, 1.82) is 0 Å². The summed E-state index contributed by atoms with van der Waals surface area (Å²) in [5.74, 6) is 0. The Morgan fingerprint density at radius 2 is 1.20 bits per heavy atom. The van der Waals surface area contributed by atoms with Gasteiger partial charge in [-0.2, -0.15) is 0 Å². The molecule has 0 bridgehead atoms. The summed E-state index contributed by atoms with van der Waals surface area (Å²) in [6, 6.07) is 32.6. The number of hydrogen-bond acceptors (Lipinski definition) is 2. The number of nitrogens with zero attached hydrogens (tertiary/aromatic N) is 2. The lowest BCUT2D eigenvalue weighted by Gasteiger charge is -2.22. The molecular formula is C24H22Cl2N2PS+. The maximum absolute atomic E-state index is 5.75. The number of rotatable bonds is 3. The highest BCUT2D eigenvalue weighted by Gasteiger charge is 2.39. The van der Waals surface area contributed by atoms with Gasteiger partial charge in [-0.3, -0.25) is 4.40 Å². The van der Waals surface area contributed by atoms with E-state index in [1.807, 2.05) is 9.78 Å². The van der Waals surface area contributed by atoms with Gasteiger partial charge < -0.3 is 0 Å². The van der Waals surface area contributed by atoms with E-state index in [9.17, 15) is 0 Å². The number of fused-ring (bicyclic) bond motifs is 1. The van der Waals surface area contributed by atoms with E-state index in [1.165, 1.54) is 15.9 Å². The molecule has 0 saturated heterocycles. The Bertz CT molecular complexity index is 1080. The molecule has 2 heterocycles. The van der Waals surface area contributed by atoms with Crippen LogP contribution in [0.4, 0.5) is 0 Å². The summed E-state index contributed by atoms with van der Waals surface area (Å²) in [5.41, 5.74) is 0. The molecule has 0 fully saturated rings. The van der Waals surface area contributed by atoms with E-state index in [0.717, 1.165) is 9.98 Å². The average molecular weight is 472 g/mol. The molecule has 0 amide bonds. The first kappa shape index (κ1) is 22.5. The Kier molecular flexibility index (Phi) is 7.69. The normalized spacial score (nSPS) is 10.7. The molecule has 0 saturated carbocycles. The first-order chi connectivity index (χ1) is 14.2. The highest BCUT2D eigenvalue weighted by Crippen LogP contribution is 2.51. The molecule has 0 aliphatic carbocycles. The number of aromatic nitrogens is 2. The van der Waals surface area contributed by atoms with Gasteiger partial charge in [0, 0.05) is 5.38 Å². The van der Waals surface area contributed by atoms with Gasteiger partial charge in [0.05, 0.1) is 12.9 Å². The lowest BCUT2D eigenvalue weighted by Crippen LogP contribution is -2.30. The van der Waals surface area contributed by atoms with Crippen LogP contribution in [-0.4, -0.2) is 16.0 Å². The highest BCUT2D eigenvalue weighted by molar-refractivity contribution is 7.95. The Morgan fingerprint density at radius 1 is 0.767 bits per heavy atom. The molecule has 5 aromatic rings. The molecule has 6 heteroatoms. The minimum absolute atomic E-state index is 0. The summed E-state index contributed by atoms with van der Waals surface area (Å²) in [5, 5.41) is 6.90. The highest BCUT2D eigenvalue weighted by atomic mass is 35.5. The van der Waals surface area contributed by atoms with Crippen LogP contribution >= 0.6 is 42.6 Å². The Hall–Kier alpha value is -2.16. The SMILES string of the molecule is C[P+](c1ccccc1)(c1ccccc1)c1ccccc1.Cl.Clc1csc2cncn12. The smallest absolute Gasteiger partial charge is 0.125 e. The van der Waals surface area contributed by atoms with E-state index in [2.05, 4.69) is 103 Å². The summed E-state index contributed by atoms with van der Waals surface area (Å²) in [6.07, 6.45) is 3.49. The van der Waals surface area contributed by atoms with E-state index >= 15 is 0 Å². The fraction of sp³-hybridized carbons (Fsp3) is 0.0417. The fourth-order valence-corrected chi connectivity index (χ4v) is 7.55. The molecule has 0 unspecified atom stereocenters. The van der Waals surface area contributed by atoms with E-state index in [-0.39, 0.29) is 12.4 Å². The summed E-state index contributed by atoms with van der Waals surface area (Å²) in [4.78, 5) is 4.99. The second-order valence-electron chi connectivity index (χ2n) is 6.67. The molecule has 152 valence electrons. The number of halogens is 2. The van der Waals surface area contributed by atoms with Crippen LogP contribution in [0.1, 0.15) is 0 Å². The Labute approximate surface area is 192 Å². The van der Waals surface area contributed by atoms with Crippen molar-refractivity contribution in [3.05, 3.63) is 114 Å². The van der Waals surface area contributed by atoms with Gasteiger partial charge in [-0.15, -0.1) is 23.7 Å². The van der Waals surface area contributed by atoms with Crippen molar-refractivity contribution in [1.82, 2.24) is 9.38 Å². The van der Waals surface area contributed by atoms with Gasteiger partial charge in [0.2, 0.25) is 0 Å². The fourth-order valence-electron chi connectivity index (χ4n) is 3.32. The van der Waals surface area contributed by atoms with Crippen molar-refractivity contribution in [2.45, 2.75) is 0 Å². The van der Waals surface area contributed by atoms with Gasteiger partial charge in [-0.1, -0.05) is 66.2 Å². The molecule has 0 N–H and O–H groups in total. The van der Waals surface area contributed by atoms with Gasteiger partial charge in [-0.25, -0.2) is 4.98 Å². The summed E-state index contributed by atoms with van der Waals surface area (Å²) >= 11 is 7.34. The maximum Gasteiger partial charge on any atom is 0.125 e. The van der Waals surface area contributed by atoms with Crippen molar-refractivity contribution >= 4 is 63.4 Å². The quantitative estimate of drug-likeness (QED) is 0.291. The van der Waals surface area contributed by atoms with Gasteiger partial charge >= 0.3 is 0 Å². The van der Waals surface area contributed by atoms with Crippen LogP contribution in [0.3, 0.4) is 0 Å². The topological polar surface area (TPSA) is 17.3 Å². The zero-order valence-electron chi connectivity index (χ0n) is 16.4. The average Bonchev–Trinajstić information content (AvgIpc) is 3.41. The van der Waals surface area contributed by atoms with E-state index in [1.54, 1.807) is 23.9 Å². The molecule has 0 radical (unpaired) electrons. The van der Waals surface area contributed by atoms with Crippen LogP contribution in [-0.2, 0) is 0 Å². The predicted molar refractivity (Wildman–Crippen MR) is 136 cm³/mol. The predicted octanol–water partition coefficient (Wildman–Crippen LogP) is 6.08. The number of benzene rings is 3. The lowest BCUT2D eigenvalue weighted by atomic mass is 10.4. The van der Waals surface area contributed by atoms with Crippen LogP contribution in [0.15, 0.2) is 109 Å². The van der Waals surface area contributed by atoms with Crippen LogP contribution in [0, 0.1) is 0 Å². The number of imidazole rings is 1. The zero-order valence-corrected chi connectivity index (χ0v) is 19.7. The van der Waals surface area contributed by atoms with Gasteiger partial charge in [0.15, 0.2) is 0 Å². The molecule has 0 spiro atoms. The van der Waals surface area contributed by atoms with Crippen LogP contribution in [0.2, 0.25) is 5.15 Å². The van der Waals surface area contributed by atoms with Gasteiger partial charge in [-0.05, 0) is 36.4 Å². The van der Waals surface area contributed by atoms with E-state index in [0.29, 0.717) is 0 Å². The lowest BCUT2D eigenvalue weighted by molar-refractivity contribution is 1.18. The van der Waals surface area contributed by atoms with E-state index < -0.39 is 7.26 Å². The Morgan fingerprint density at radius 3 is 1.60 bits per heavy atom. The van der Waals surface area contributed by atoms with Gasteiger partial charge in [0.25, 0.3) is 0 Å². The molecule has 2 nitrogen and oxygen atoms in total. The molecule has 0 aliphatic heterocycles. The molecule has 0 atom stereocenters. The minimum atomic E-state index is -1.53. The molecular weight excluding hydrogens is 450 g/mol. The van der Waals surface area contributed by atoms with Crippen LogP contribution in [0.25, 0.3) is 4.83 Å². The summed E-state index contributed by atoms with van der Waals surface area (Å²) < 4.78 is 1.84. The number of hydrogen-bond donors (Lipinski definition) is 0. The molecule has 3 aromatic carbocycles. The third kappa shape index (κ3) is 4.61. The van der Waals surface area contributed by atoms with Crippen molar-refractivity contribution in [2.75, 3.05) is 6.66 Å². The standard InChI is InChI=1S/C19H18P.C5H3ClN2S.ClH/c1-20(17-11-5-2-6-12-17,18-13-7-3-8-14-18)19-15-9-4-10-16-19;6-4-2-9-5-1-7-3-8(4)5;/h2-16H,1H3;1-3H;1H/q+1;;. The van der Waals surface area contributed by atoms with Crippen LogP contribution in [0.5, 0.6) is 0 Å². The first-order valence-electron chi connectivity index (χ1n) is 9.28.